The Balaban J connectivity index is 2.04. The van der Waals surface area contributed by atoms with Crippen LogP contribution in [0.25, 0.3) is 0 Å². The van der Waals surface area contributed by atoms with Crippen LogP contribution in [-0.4, -0.2) is 31.6 Å². The zero-order chi connectivity index (χ0) is 13.7. The van der Waals surface area contributed by atoms with E-state index in [2.05, 4.69) is 0 Å². The monoisotopic (exact) mass is 281 g/mol. The number of nitrogens with zero attached hydrogens (tertiary/aromatic N) is 1. The first-order chi connectivity index (χ1) is 9.09. The molecule has 19 heavy (non-hydrogen) atoms. The van der Waals surface area contributed by atoms with E-state index in [1.165, 1.54) is 0 Å². The number of hydrogen-bond acceptors (Lipinski definition) is 2. The Morgan fingerprint density at radius 3 is 2.21 bits per heavy atom. The lowest BCUT2D eigenvalue weighted by molar-refractivity contribution is 0.421. The van der Waals surface area contributed by atoms with E-state index in [-0.39, 0.29) is 11.7 Å². The van der Waals surface area contributed by atoms with Crippen LogP contribution in [0.4, 0.5) is 0 Å². The van der Waals surface area contributed by atoms with Crippen molar-refractivity contribution in [2.45, 2.75) is 38.5 Å². The van der Waals surface area contributed by atoms with Crippen molar-refractivity contribution in [3.05, 3.63) is 35.9 Å². The van der Waals surface area contributed by atoms with Crippen molar-refractivity contribution in [2.75, 3.05) is 18.8 Å². The topological polar surface area (TPSA) is 37.4 Å². The minimum Gasteiger partial charge on any atom is -0.212 e. The molecule has 2 rings (SSSR count). The molecule has 0 aliphatic carbocycles. The van der Waals surface area contributed by atoms with E-state index < -0.39 is 10.0 Å². The average Bonchev–Trinajstić information content (AvgIpc) is 2.68. The van der Waals surface area contributed by atoms with Crippen LogP contribution in [0, 0.1) is 0 Å². The Morgan fingerprint density at radius 1 is 1.05 bits per heavy atom. The Labute approximate surface area is 116 Å². The number of benzene rings is 1. The largest absolute Gasteiger partial charge is 0.214 e. The predicted molar refractivity (Wildman–Crippen MR) is 78.7 cm³/mol. The Morgan fingerprint density at radius 2 is 1.63 bits per heavy atom. The Hall–Kier alpha value is -0.870. The van der Waals surface area contributed by atoms with E-state index >= 15 is 0 Å². The van der Waals surface area contributed by atoms with Gasteiger partial charge in [0.25, 0.3) is 0 Å². The Bertz CT molecular complexity index is 476. The highest BCUT2D eigenvalue weighted by atomic mass is 32.2. The molecule has 0 bridgehead atoms. The van der Waals surface area contributed by atoms with Gasteiger partial charge < -0.3 is 0 Å². The van der Waals surface area contributed by atoms with Crippen molar-refractivity contribution >= 4 is 10.0 Å². The molecule has 4 heteroatoms. The van der Waals surface area contributed by atoms with Gasteiger partial charge in [0.15, 0.2) is 0 Å². The summed E-state index contributed by atoms with van der Waals surface area (Å²) >= 11 is 0. The number of sulfonamides is 1. The maximum Gasteiger partial charge on any atom is 0.214 e. The van der Waals surface area contributed by atoms with Crippen molar-refractivity contribution in [1.29, 1.82) is 0 Å². The summed E-state index contributed by atoms with van der Waals surface area (Å²) in [6, 6.07) is 9.89. The molecule has 0 spiro atoms. The summed E-state index contributed by atoms with van der Waals surface area (Å²) in [5.41, 5.74) is 1.10. The summed E-state index contributed by atoms with van der Waals surface area (Å²) in [4.78, 5) is 0. The van der Waals surface area contributed by atoms with E-state index in [1.807, 2.05) is 37.3 Å². The lowest BCUT2D eigenvalue weighted by Gasteiger charge is -2.22. The molecule has 1 saturated heterocycles. The minimum atomic E-state index is -3.12. The second-order valence-electron chi connectivity index (χ2n) is 5.40. The Kier molecular flexibility index (Phi) is 4.99. The third kappa shape index (κ3) is 4.05. The summed E-state index contributed by atoms with van der Waals surface area (Å²) in [5.74, 6) is 0.270. The van der Waals surface area contributed by atoms with E-state index in [0.717, 1.165) is 31.2 Å². The number of rotatable bonds is 4. The van der Waals surface area contributed by atoms with E-state index in [0.29, 0.717) is 13.1 Å². The van der Waals surface area contributed by atoms with Crippen LogP contribution in [0.1, 0.15) is 44.1 Å². The highest BCUT2D eigenvalue weighted by Gasteiger charge is 2.25. The molecule has 0 radical (unpaired) electrons. The van der Waals surface area contributed by atoms with Crippen LogP contribution in [0.15, 0.2) is 30.3 Å². The fourth-order valence-corrected chi connectivity index (χ4v) is 4.47. The van der Waals surface area contributed by atoms with Gasteiger partial charge in [-0.25, -0.2) is 12.7 Å². The fraction of sp³-hybridized carbons (Fsp3) is 0.600. The highest BCUT2D eigenvalue weighted by molar-refractivity contribution is 7.89. The van der Waals surface area contributed by atoms with Crippen molar-refractivity contribution in [3.63, 3.8) is 0 Å². The van der Waals surface area contributed by atoms with E-state index in [4.69, 9.17) is 0 Å². The summed E-state index contributed by atoms with van der Waals surface area (Å²) < 4.78 is 26.6. The molecule has 0 aromatic heterocycles. The molecule has 1 heterocycles. The van der Waals surface area contributed by atoms with Crippen molar-refractivity contribution < 1.29 is 8.42 Å². The van der Waals surface area contributed by atoms with E-state index in [9.17, 15) is 8.42 Å². The summed E-state index contributed by atoms with van der Waals surface area (Å²) in [6.45, 7) is 3.39. The third-order valence-electron chi connectivity index (χ3n) is 3.79. The van der Waals surface area contributed by atoms with Crippen LogP contribution >= 0.6 is 0 Å². The molecular weight excluding hydrogens is 258 g/mol. The van der Waals surface area contributed by atoms with Gasteiger partial charge in [-0.1, -0.05) is 50.1 Å². The summed E-state index contributed by atoms with van der Waals surface area (Å²) in [5, 5.41) is 0. The normalized spacial score (nSPS) is 19.8. The van der Waals surface area contributed by atoms with Gasteiger partial charge in [0.1, 0.15) is 0 Å². The standard InChI is InChI=1S/C15H23NO2S/c1-14(15-9-5-4-6-10-15)13-19(17,18)16-11-7-2-3-8-12-16/h4-6,9-10,14H,2-3,7-8,11-13H2,1H3. The SMILES string of the molecule is CC(CS(=O)(=O)N1CCCCCC1)c1ccccc1. The number of hydrogen-bond donors (Lipinski definition) is 0. The summed E-state index contributed by atoms with van der Waals surface area (Å²) in [7, 11) is -3.12. The lowest BCUT2D eigenvalue weighted by atomic mass is 10.0. The molecule has 0 N–H and O–H groups in total. The lowest BCUT2D eigenvalue weighted by Crippen LogP contribution is -2.35. The highest BCUT2D eigenvalue weighted by Crippen LogP contribution is 2.21. The molecule has 1 aromatic carbocycles. The molecule has 3 nitrogen and oxygen atoms in total. The fourth-order valence-electron chi connectivity index (χ4n) is 2.62. The molecule has 0 saturated carbocycles. The zero-order valence-corrected chi connectivity index (χ0v) is 12.4. The molecule has 106 valence electrons. The maximum absolute atomic E-state index is 12.4. The van der Waals surface area contributed by atoms with Crippen LogP contribution in [0.3, 0.4) is 0 Å². The van der Waals surface area contributed by atoms with Gasteiger partial charge in [-0.2, -0.15) is 0 Å². The van der Waals surface area contributed by atoms with Gasteiger partial charge in [0.05, 0.1) is 5.75 Å². The van der Waals surface area contributed by atoms with Crippen LogP contribution in [0.2, 0.25) is 0 Å². The zero-order valence-electron chi connectivity index (χ0n) is 11.6. The molecule has 1 atom stereocenters. The predicted octanol–water partition coefficient (Wildman–Crippen LogP) is 3.00. The first kappa shape index (κ1) is 14.5. The summed E-state index contributed by atoms with van der Waals surface area (Å²) in [6.07, 6.45) is 4.30. The van der Waals surface area contributed by atoms with Crippen LogP contribution in [0.5, 0.6) is 0 Å². The first-order valence-electron chi connectivity index (χ1n) is 7.12. The van der Waals surface area contributed by atoms with Gasteiger partial charge in [0, 0.05) is 13.1 Å². The van der Waals surface area contributed by atoms with E-state index in [1.54, 1.807) is 4.31 Å². The minimum absolute atomic E-state index is 0.0504. The molecule has 1 aliphatic rings. The molecular formula is C15H23NO2S. The van der Waals surface area contributed by atoms with Crippen molar-refractivity contribution in [1.82, 2.24) is 4.31 Å². The quantitative estimate of drug-likeness (QED) is 0.851. The average molecular weight is 281 g/mol. The van der Waals surface area contributed by atoms with Gasteiger partial charge in [-0.15, -0.1) is 0 Å². The second kappa shape index (κ2) is 6.53. The molecule has 1 fully saturated rings. The molecule has 1 aliphatic heterocycles. The van der Waals surface area contributed by atoms with Crippen LogP contribution in [-0.2, 0) is 10.0 Å². The first-order valence-corrected chi connectivity index (χ1v) is 8.73. The second-order valence-corrected chi connectivity index (χ2v) is 7.42. The maximum atomic E-state index is 12.4. The molecule has 1 unspecified atom stereocenters. The third-order valence-corrected chi connectivity index (χ3v) is 5.86. The van der Waals surface area contributed by atoms with Crippen LogP contribution < -0.4 is 0 Å². The van der Waals surface area contributed by atoms with Crippen molar-refractivity contribution in [3.8, 4) is 0 Å². The molecule has 0 amide bonds. The van der Waals surface area contributed by atoms with Gasteiger partial charge >= 0.3 is 0 Å². The van der Waals surface area contributed by atoms with Gasteiger partial charge in [-0.05, 0) is 24.3 Å². The van der Waals surface area contributed by atoms with Crippen molar-refractivity contribution in [2.24, 2.45) is 0 Å². The molecule has 1 aromatic rings. The van der Waals surface area contributed by atoms with Gasteiger partial charge in [0.2, 0.25) is 10.0 Å². The smallest absolute Gasteiger partial charge is 0.212 e. The van der Waals surface area contributed by atoms with Gasteiger partial charge in [-0.3, -0.25) is 0 Å².